The molecule has 7 heteroatoms. The van der Waals surface area contributed by atoms with E-state index in [1.165, 1.54) is 17.3 Å². The van der Waals surface area contributed by atoms with E-state index in [4.69, 9.17) is 4.98 Å². The fourth-order valence-electron chi connectivity index (χ4n) is 3.65. The molecule has 0 amide bonds. The summed E-state index contributed by atoms with van der Waals surface area (Å²) in [7, 11) is 0. The molecule has 0 radical (unpaired) electrons. The van der Waals surface area contributed by atoms with Gasteiger partial charge in [-0.05, 0) is 49.2 Å². The number of halogens is 2. The van der Waals surface area contributed by atoms with Crippen LogP contribution in [0.1, 0.15) is 49.4 Å². The van der Waals surface area contributed by atoms with Gasteiger partial charge >= 0.3 is 0 Å². The van der Waals surface area contributed by atoms with Crippen molar-refractivity contribution in [3.05, 3.63) is 67.1 Å². The van der Waals surface area contributed by atoms with Crippen molar-refractivity contribution < 1.29 is 5.11 Å². The van der Waals surface area contributed by atoms with Crippen LogP contribution in [-0.4, -0.2) is 21.0 Å². The molecule has 0 bridgehead atoms. The molecule has 3 aromatic rings. The SMILES string of the molecule is O=c1c2cc(Br)ccc2nc(C2CCCCC2)n1N=Cc1cc(Br)ccc1O. The summed E-state index contributed by atoms with van der Waals surface area (Å²) in [6.07, 6.45) is 7.01. The second-order valence-electron chi connectivity index (χ2n) is 7.03. The fraction of sp³-hybridized carbons (Fsp3) is 0.286. The van der Waals surface area contributed by atoms with Crippen LogP contribution in [0.15, 0.2) is 55.2 Å². The zero-order valence-corrected chi connectivity index (χ0v) is 18.3. The summed E-state index contributed by atoms with van der Waals surface area (Å²) in [5, 5.41) is 15.1. The largest absolute Gasteiger partial charge is 0.507 e. The lowest BCUT2D eigenvalue weighted by Gasteiger charge is -2.22. The number of hydrogen-bond acceptors (Lipinski definition) is 4. The Hall–Kier alpha value is -1.99. The first kappa shape index (κ1) is 19.3. The maximum absolute atomic E-state index is 13.2. The van der Waals surface area contributed by atoms with Gasteiger partial charge in [0.05, 0.1) is 17.1 Å². The van der Waals surface area contributed by atoms with Crippen molar-refractivity contribution in [2.24, 2.45) is 5.10 Å². The molecule has 1 aromatic heterocycles. The maximum Gasteiger partial charge on any atom is 0.282 e. The quantitative estimate of drug-likeness (QED) is 0.475. The predicted molar refractivity (Wildman–Crippen MR) is 118 cm³/mol. The lowest BCUT2D eigenvalue weighted by atomic mass is 9.88. The highest BCUT2D eigenvalue weighted by molar-refractivity contribution is 9.10. The molecule has 1 saturated carbocycles. The molecule has 1 fully saturated rings. The average Bonchev–Trinajstić information content (AvgIpc) is 2.70. The van der Waals surface area contributed by atoms with Crippen LogP contribution in [0, 0.1) is 0 Å². The third-order valence-corrected chi connectivity index (χ3v) is 6.09. The van der Waals surface area contributed by atoms with Crippen LogP contribution < -0.4 is 5.56 Å². The van der Waals surface area contributed by atoms with E-state index in [1.807, 2.05) is 12.1 Å². The van der Waals surface area contributed by atoms with E-state index in [1.54, 1.807) is 24.3 Å². The van der Waals surface area contributed by atoms with E-state index in [0.29, 0.717) is 22.3 Å². The third kappa shape index (κ3) is 3.91. The molecule has 0 saturated heterocycles. The first-order valence-corrected chi connectivity index (χ1v) is 10.9. The summed E-state index contributed by atoms with van der Waals surface area (Å²) in [6, 6.07) is 10.6. The standard InChI is InChI=1S/C21H19Br2N3O2/c22-15-7-9-19(27)14(10-15)12-24-26-20(13-4-2-1-3-5-13)25-18-8-6-16(23)11-17(18)21(26)28/h6-13,27H,1-5H2. The Bertz CT molecular complexity index is 1120. The van der Waals surface area contributed by atoms with Gasteiger partial charge in [-0.25, -0.2) is 4.98 Å². The topological polar surface area (TPSA) is 67.5 Å². The van der Waals surface area contributed by atoms with E-state index in [-0.39, 0.29) is 17.2 Å². The molecular weight excluding hydrogens is 486 g/mol. The molecular formula is C21H19Br2N3O2. The summed E-state index contributed by atoms with van der Waals surface area (Å²) < 4.78 is 3.06. The van der Waals surface area contributed by atoms with E-state index in [9.17, 15) is 9.90 Å². The average molecular weight is 505 g/mol. The summed E-state index contributed by atoms with van der Waals surface area (Å²) in [5.41, 5.74) is 1.02. The molecule has 0 unspecified atom stereocenters. The van der Waals surface area contributed by atoms with Crippen molar-refractivity contribution in [1.82, 2.24) is 9.66 Å². The van der Waals surface area contributed by atoms with E-state index in [0.717, 1.165) is 34.6 Å². The molecule has 1 aliphatic rings. The van der Waals surface area contributed by atoms with Gasteiger partial charge in [-0.15, -0.1) is 0 Å². The number of aromatic nitrogens is 2. The summed E-state index contributed by atoms with van der Waals surface area (Å²) in [4.78, 5) is 18.0. The molecule has 0 spiro atoms. The lowest BCUT2D eigenvalue weighted by Crippen LogP contribution is -2.25. The van der Waals surface area contributed by atoms with Crippen LogP contribution in [0.25, 0.3) is 10.9 Å². The van der Waals surface area contributed by atoms with Crippen LogP contribution in [0.4, 0.5) is 0 Å². The van der Waals surface area contributed by atoms with Gasteiger partial charge in [0.1, 0.15) is 11.6 Å². The summed E-state index contributed by atoms with van der Waals surface area (Å²) in [6.45, 7) is 0. The summed E-state index contributed by atoms with van der Waals surface area (Å²) in [5.74, 6) is 1.02. The monoisotopic (exact) mass is 503 g/mol. The second kappa shape index (κ2) is 8.17. The zero-order valence-electron chi connectivity index (χ0n) is 15.1. The van der Waals surface area contributed by atoms with Gasteiger partial charge in [0.25, 0.3) is 5.56 Å². The minimum atomic E-state index is -0.197. The minimum absolute atomic E-state index is 0.107. The van der Waals surface area contributed by atoms with Crippen LogP contribution in [0.2, 0.25) is 0 Å². The Labute approximate surface area is 179 Å². The van der Waals surface area contributed by atoms with Gasteiger partial charge in [-0.1, -0.05) is 51.1 Å². The number of benzene rings is 2. The number of phenolic OH excluding ortho intramolecular Hbond substituents is 1. The zero-order chi connectivity index (χ0) is 19.7. The molecule has 1 heterocycles. The van der Waals surface area contributed by atoms with E-state index in [2.05, 4.69) is 37.0 Å². The molecule has 144 valence electrons. The second-order valence-corrected chi connectivity index (χ2v) is 8.86. The number of hydrogen-bond donors (Lipinski definition) is 1. The van der Waals surface area contributed by atoms with Crippen molar-refractivity contribution in [1.29, 1.82) is 0 Å². The number of fused-ring (bicyclic) bond motifs is 1. The molecule has 0 atom stereocenters. The normalized spacial score (nSPS) is 15.5. The Balaban J connectivity index is 1.88. The van der Waals surface area contributed by atoms with Crippen LogP contribution in [0.3, 0.4) is 0 Å². The van der Waals surface area contributed by atoms with Crippen molar-refractivity contribution in [2.75, 3.05) is 0 Å². The van der Waals surface area contributed by atoms with Gasteiger partial charge in [0.2, 0.25) is 0 Å². The highest BCUT2D eigenvalue weighted by Crippen LogP contribution is 2.32. The van der Waals surface area contributed by atoms with E-state index >= 15 is 0 Å². The molecule has 5 nitrogen and oxygen atoms in total. The first-order valence-electron chi connectivity index (χ1n) is 9.28. The fourth-order valence-corrected chi connectivity index (χ4v) is 4.39. The van der Waals surface area contributed by atoms with Crippen LogP contribution in [0.5, 0.6) is 5.75 Å². The van der Waals surface area contributed by atoms with Gasteiger partial charge in [-0.2, -0.15) is 9.78 Å². The molecule has 1 aliphatic carbocycles. The van der Waals surface area contributed by atoms with Crippen molar-refractivity contribution >= 4 is 49.0 Å². The van der Waals surface area contributed by atoms with Gasteiger partial charge < -0.3 is 5.11 Å². The molecule has 4 rings (SSSR count). The van der Waals surface area contributed by atoms with Crippen molar-refractivity contribution in [3.8, 4) is 5.75 Å². The Kier molecular flexibility index (Phi) is 5.64. The van der Waals surface area contributed by atoms with Crippen LogP contribution >= 0.6 is 31.9 Å². The molecule has 2 aromatic carbocycles. The van der Waals surface area contributed by atoms with Crippen molar-refractivity contribution in [2.45, 2.75) is 38.0 Å². The highest BCUT2D eigenvalue weighted by Gasteiger charge is 2.22. The van der Waals surface area contributed by atoms with Gasteiger partial charge in [-0.3, -0.25) is 4.79 Å². The lowest BCUT2D eigenvalue weighted by molar-refractivity contribution is 0.416. The highest BCUT2D eigenvalue weighted by atomic mass is 79.9. The molecule has 0 aliphatic heterocycles. The number of rotatable bonds is 3. The third-order valence-electron chi connectivity index (χ3n) is 5.11. The first-order chi connectivity index (χ1) is 13.5. The van der Waals surface area contributed by atoms with Gasteiger partial charge in [0.15, 0.2) is 0 Å². The summed E-state index contributed by atoms with van der Waals surface area (Å²) >= 11 is 6.82. The Morgan fingerprint density at radius 3 is 2.57 bits per heavy atom. The van der Waals surface area contributed by atoms with E-state index < -0.39 is 0 Å². The Morgan fingerprint density at radius 1 is 1.07 bits per heavy atom. The van der Waals surface area contributed by atoms with Gasteiger partial charge in [0, 0.05) is 20.4 Å². The van der Waals surface area contributed by atoms with Crippen molar-refractivity contribution in [3.63, 3.8) is 0 Å². The number of phenols is 1. The molecule has 28 heavy (non-hydrogen) atoms. The molecule has 1 N–H and O–H groups in total. The Morgan fingerprint density at radius 2 is 1.79 bits per heavy atom. The maximum atomic E-state index is 13.2. The van der Waals surface area contributed by atoms with Crippen LogP contribution in [-0.2, 0) is 0 Å². The number of nitrogens with zero attached hydrogens (tertiary/aromatic N) is 3. The minimum Gasteiger partial charge on any atom is -0.507 e. The predicted octanol–water partition coefficient (Wildman–Crippen LogP) is 5.56. The number of aromatic hydroxyl groups is 1. The smallest absolute Gasteiger partial charge is 0.282 e.